The van der Waals surface area contributed by atoms with Crippen molar-refractivity contribution >= 4 is 17.7 Å². The van der Waals surface area contributed by atoms with Crippen molar-refractivity contribution in [2.24, 2.45) is 5.92 Å². The summed E-state index contributed by atoms with van der Waals surface area (Å²) in [5.74, 6) is -1.90. The van der Waals surface area contributed by atoms with Gasteiger partial charge in [0, 0.05) is 20.0 Å². The molecule has 0 amide bonds. The van der Waals surface area contributed by atoms with E-state index in [2.05, 4.69) is 0 Å². The molecule has 6 nitrogen and oxygen atoms in total. The van der Waals surface area contributed by atoms with Gasteiger partial charge in [-0.05, 0) is 59.8 Å². The predicted molar refractivity (Wildman–Crippen MR) is 99.5 cm³/mol. The van der Waals surface area contributed by atoms with Crippen LogP contribution in [-0.2, 0) is 23.9 Å². The maximum atomic E-state index is 12.6. The standard InChI is InChI=1S/C20H34O6/c1-14(9-8-10-15(2)13-21)11-12-20(16(3)22,25-17(4)23)18(24)26-19(5,6)7/h11,15,21H,8-10,12-13H2,1-7H3/b14-11-/t15-,20?/m0/s1. The Balaban J connectivity index is 5.34. The summed E-state index contributed by atoms with van der Waals surface area (Å²) in [6.07, 6.45) is 4.23. The number of aliphatic hydroxyl groups excluding tert-OH is 1. The molecule has 1 N–H and O–H groups in total. The second-order valence-electron chi connectivity index (χ2n) is 7.91. The number of carbonyl (C=O) groups is 3. The number of hydrogen-bond donors (Lipinski definition) is 1. The Bertz CT molecular complexity index is 529. The van der Waals surface area contributed by atoms with Crippen molar-refractivity contribution in [3.8, 4) is 0 Å². The van der Waals surface area contributed by atoms with Crippen LogP contribution in [0.3, 0.4) is 0 Å². The maximum absolute atomic E-state index is 12.6. The molecule has 1 unspecified atom stereocenters. The van der Waals surface area contributed by atoms with Crippen molar-refractivity contribution in [3.05, 3.63) is 11.6 Å². The topological polar surface area (TPSA) is 89.9 Å². The summed E-state index contributed by atoms with van der Waals surface area (Å²) in [7, 11) is 0. The Kier molecular flexibility index (Phi) is 9.78. The molecule has 150 valence electrons. The SMILES string of the molecule is CC(=O)OC(C/C=C(/C)CCC[C@H](C)CO)(C(C)=O)C(=O)OC(C)(C)C. The zero-order chi connectivity index (χ0) is 20.5. The highest BCUT2D eigenvalue weighted by atomic mass is 16.6. The number of ether oxygens (including phenoxy) is 2. The molecule has 0 aromatic carbocycles. The van der Waals surface area contributed by atoms with Gasteiger partial charge in [-0.2, -0.15) is 0 Å². The molecule has 0 bridgehead atoms. The van der Waals surface area contributed by atoms with E-state index < -0.39 is 28.9 Å². The first-order valence-corrected chi connectivity index (χ1v) is 9.04. The highest BCUT2D eigenvalue weighted by Gasteiger charge is 2.49. The van der Waals surface area contributed by atoms with Gasteiger partial charge in [-0.1, -0.05) is 18.6 Å². The Morgan fingerprint density at radius 1 is 1.08 bits per heavy atom. The van der Waals surface area contributed by atoms with Gasteiger partial charge in [0.15, 0.2) is 5.78 Å². The maximum Gasteiger partial charge on any atom is 0.359 e. The summed E-state index contributed by atoms with van der Waals surface area (Å²) in [4.78, 5) is 36.4. The smallest absolute Gasteiger partial charge is 0.359 e. The number of allylic oxidation sites excluding steroid dienone is 1. The van der Waals surface area contributed by atoms with E-state index in [4.69, 9.17) is 14.6 Å². The number of aliphatic hydroxyl groups is 1. The Morgan fingerprint density at radius 2 is 1.65 bits per heavy atom. The second kappa shape index (κ2) is 10.5. The van der Waals surface area contributed by atoms with Gasteiger partial charge in [-0.25, -0.2) is 4.79 Å². The Morgan fingerprint density at radius 3 is 2.08 bits per heavy atom. The van der Waals surface area contributed by atoms with Crippen molar-refractivity contribution in [3.63, 3.8) is 0 Å². The zero-order valence-corrected chi connectivity index (χ0v) is 17.2. The van der Waals surface area contributed by atoms with E-state index in [9.17, 15) is 14.4 Å². The zero-order valence-electron chi connectivity index (χ0n) is 17.2. The molecular formula is C20H34O6. The first kappa shape index (κ1) is 24.3. The van der Waals surface area contributed by atoms with Crippen LogP contribution in [0, 0.1) is 5.92 Å². The van der Waals surface area contributed by atoms with Crippen LogP contribution in [-0.4, -0.2) is 40.6 Å². The lowest BCUT2D eigenvalue weighted by Gasteiger charge is -2.31. The fraction of sp³-hybridized carbons (Fsp3) is 0.750. The molecule has 0 heterocycles. The van der Waals surface area contributed by atoms with Crippen LogP contribution in [0.15, 0.2) is 11.6 Å². The Hall–Kier alpha value is -1.69. The third-order valence-electron chi connectivity index (χ3n) is 3.93. The van der Waals surface area contributed by atoms with E-state index in [1.165, 1.54) is 6.92 Å². The molecule has 2 atom stereocenters. The first-order valence-electron chi connectivity index (χ1n) is 9.04. The minimum absolute atomic E-state index is 0.0573. The molecule has 0 fully saturated rings. The summed E-state index contributed by atoms with van der Waals surface area (Å²) < 4.78 is 10.5. The molecule has 0 aliphatic heterocycles. The van der Waals surface area contributed by atoms with Crippen LogP contribution in [0.25, 0.3) is 0 Å². The molecule has 6 heteroatoms. The molecule has 0 saturated heterocycles. The van der Waals surface area contributed by atoms with Gasteiger partial charge < -0.3 is 14.6 Å². The first-order chi connectivity index (χ1) is 11.8. The van der Waals surface area contributed by atoms with Crippen LogP contribution in [0.5, 0.6) is 0 Å². The third kappa shape index (κ3) is 8.61. The monoisotopic (exact) mass is 370 g/mol. The number of Topliss-reactive ketones (excluding diaryl/α,β-unsaturated/α-hetero) is 1. The van der Waals surface area contributed by atoms with Crippen molar-refractivity contribution in [1.29, 1.82) is 0 Å². The quantitative estimate of drug-likeness (QED) is 0.360. The van der Waals surface area contributed by atoms with E-state index in [1.807, 2.05) is 13.8 Å². The van der Waals surface area contributed by atoms with Gasteiger partial charge >= 0.3 is 11.9 Å². The van der Waals surface area contributed by atoms with Crippen LogP contribution in [0.1, 0.15) is 74.1 Å². The second-order valence-corrected chi connectivity index (χ2v) is 7.91. The molecule has 0 saturated carbocycles. The molecule has 0 aliphatic rings. The van der Waals surface area contributed by atoms with Crippen molar-refractivity contribution in [1.82, 2.24) is 0 Å². The minimum atomic E-state index is -1.96. The van der Waals surface area contributed by atoms with Gasteiger partial charge in [-0.3, -0.25) is 9.59 Å². The molecular weight excluding hydrogens is 336 g/mol. The minimum Gasteiger partial charge on any atom is -0.457 e. The molecule has 0 aliphatic carbocycles. The van der Waals surface area contributed by atoms with E-state index in [0.717, 1.165) is 31.8 Å². The van der Waals surface area contributed by atoms with Crippen LogP contribution >= 0.6 is 0 Å². The van der Waals surface area contributed by atoms with Gasteiger partial charge in [0.05, 0.1) is 0 Å². The lowest BCUT2D eigenvalue weighted by atomic mass is 9.92. The molecule has 0 radical (unpaired) electrons. The third-order valence-corrected chi connectivity index (χ3v) is 3.93. The van der Waals surface area contributed by atoms with E-state index in [0.29, 0.717) is 0 Å². The number of hydrogen-bond acceptors (Lipinski definition) is 6. The Labute approximate surface area is 156 Å². The van der Waals surface area contributed by atoms with Gasteiger partial charge in [-0.15, -0.1) is 0 Å². The highest BCUT2D eigenvalue weighted by Crippen LogP contribution is 2.26. The largest absolute Gasteiger partial charge is 0.457 e. The average Bonchev–Trinajstić information content (AvgIpc) is 2.48. The number of ketones is 1. The van der Waals surface area contributed by atoms with Crippen molar-refractivity contribution in [2.75, 3.05) is 6.61 Å². The summed E-state index contributed by atoms with van der Waals surface area (Å²) in [6.45, 7) is 11.5. The van der Waals surface area contributed by atoms with Crippen LogP contribution < -0.4 is 0 Å². The van der Waals surface area contributed by atoms with Crippen LogP contribution in [0.2, 0.25) is 0 Å². The molecule has 0 aromatic heterocycles. The van der Waals surface area contributed by atoms with E-state index in [-0.39, 0.29) is 18.9 Å². The van der Waals surface area contributed by atoms with Gasteiger partial charge in [0.2, 0.25) is 0 Å². The lowest BCUT2D eigenvalue weighted by Crippen LogP contribution is -2.51. The summed E-state index contributed by atoms with van der Waals surface area (Å²) in [5, 5.41) is 9.06. The highest BCUT2D eigenvalue weighted by molar-refractivity contribution is 6.07. The van der Waals surface area contributed by atoms with Crippen LogP contribution in [0.4, 0.5) is 0 Å². The number of carbonyl (C=O) groups excluding carboxylic acids is 3. The molecule has 26 heavy (non-hydrogen) atoms. The molecule has 0 rings (SSSR count). The summed E-state index contributed by atoms with van der Waals surface area (Å²) in [6, 6.07) is 0. The summed E-state index contributed by atoms with van der Waals surface area (Å²) >= 11 is 0. The molecule has 0 aromatic rings. The average molecular weight is 370 g/mol. The van der Waals surface area contributed by atoms with Gasteiger partial charge in [0.1, 0.15) is 5.60 Å². The number of rotatable bonds is 10. The van der Waals surface area contributed by atoms with Gasteiger partial charge in [0.25, 0.3) is 5.60 Å². The van der Waals surface area contributed by atoms with E-state index >= 15 is 0 Å². The van der Waals surface area contributed by atoms with E-state index in [1.54, 1.807) is 26.8 Å². The fourth-order valence-corrected chi connectivity index (χ4v) is 2.37. The predicted octanol–water partition coefficient (Wildman–Crippen LogP) is 3.35. The number of esters is 2. The van der Waals surface area contributed by atoms with Crippen molar-refractivity contribution < 1.29 is 29.0 Å². The lowest BCUT2D eigenvalue weighted by molar-refractivity contribution is -0.191. The van der Waals surface area contributed by atoms with Crippen molar-refractivity contribution in [2.45, 2.75) is 85.4 Å². The fourth-order valence-electron chi connectivity index (χ4n) is 2.37. The molecule has 0 spiro atoms. The normalized spacial score (nSPS) is 15.8. The summed E-state index contributed by atoms with van der Waals surface area (Å²) in [5.41, 5.74) is -1.79.